The second-order valence-corrected chi connectivity index (χ2v) is 19.9. The lowest BCUT2D eigenvalue weighted by molar-refractivity contribution is -0.147. The number of hydrogen-bond acceptors (Lipinski definition) is 13. The van der Waals surface area contributed by atoms with E-state index in [4.69, 9.17) is 18.9 Å². The van der Waals surface area contributed by atoms with E-state index in [0.29, 0.717) is 42.8 Å². The monoisotopic (exact) mass is 984 g/mol. The molecule has 0 saturated carbocycles. The van der Waals surface area contributed by atoms with Crippen molar-refractivity contribution in [1.29, 1.82) is 0 Å². The molecular formula is C51H81N7O12. The van der Waals surface area contributed by atoms with Gasteiger partial charge in [-0.15, -0.1) is 0 Å². The van der Waals surface area contributed by atoms with Crippen molar-refractivity contribution in [2.75, 3.05) is 27.4 Å². The van der Waals surface area contributed by atoms with Gasteiger partial charge in [-0.1, -0.05) is 83.1 Å². The maximum atomic E-state index is 13.5. The molecule has 0 unspecified atom stereocenters. The third-order valence-electron chi connectivity index (χ3n) is 11.3. The Balaban J connectivity index is 1.94. The van der Waals surface area contributed by atoms with Crippen LogP contribution in [0.2, 0.25) is 0 Å². The molecule has 2 aromatic rings. The number of ether oxygens (including phenoxy) is 4. The quantitative estimate of drug-likeness (QED) is 0.0466. The van der Waals surface area contributed by atoms with Gasteiger partial charge in [0.1, 0.15) is 42.0 Å². The third-order valence-corrected chi connectivity index (χ3v) is 11.3. The second-order valence-electron chi connectivity index (χ2n) is 19.9. The van der Waals surface area contributed by atoms with Gasteiger partial charge in [0.15, 0.2) is 0 Å². The summed E-state index contributed by atoms with van der Waals surface area (Å²) in [5.74, 6) is -4.07. The van der Waals surface area contributed by atoms with Gasteiger partial charge in [-0.3, -0.25) is 28.8 Å². The number of methoxy groups -OCH3 is 2. The summed E-state index contributed by atoms with van der Waals surface area (Å²) >= 11 is 0. The summed E-state index contributed by atoms with van der Waals surface area (Å²) in [6.45, 7) is 22.3. The van der Waals surface area contributed by atoms with Crippen molar-refractivity contribution in [3.63, 3.8) is 0 Å². The van der Waals surface area contributed by atoms with Crippen LogP contribution in [0.1, 0.15) is 122 Å². The fraction of sp³-hybridized carbons (Fsp3) is 0.667. The number of carbonyl (C=O) groups is 8. The molecule has 0 aliphatic rings. The molecule has 1 heterocycles. The van der Waals surface area contributed by atoms with Gasteiger partial charge in [0.05, 0.1) is 33.0 Å². The van der Waals surface area contributed by atoms with E-state index >= 15 is 0 Å². The van der Waals surface area contributed by atoms with Crippen molar-refractivity contribution < 1.29 is 57.3 Å². The zero-order chi connectivity index (χ0) is 52.8. The summed E-state index contributed by atoms with van der Waals surface area (Å²) in [5.41, 5.74) is 0.603. The average Bonchev–Trinajstić information content (AvgIpc) is 3.28. The molecule has 1 aromatic heterocycles. The molecule has 70 heavy (non-hydrogen) atoms. The highest BCUT2D eigenvalue weighted by Gasteiger charge is 2.34. The number of benzene rings is 1. The number of hydrogen-bond donors (Lipinski definition) is 6. The summed E-state index contributed by atoms with van der Waals surface area (Å²) in [6.07, 6.45) is 1.44. The molecule has 0 aliphatic heterocycles. The van der Waals surface area contributed by atoms with Crippen molar-refractivity contribution in [2.45, 2.75) is 158 Å². The van der Waals surface area contributed by atoms with Crippen molar-refractivity contribution >= 4 is 58.3 Å². The fourth-order valence-corrected chi connectivity index (χ4v) is 7.33. The van der Waals surface area contributed by atoms with Crippen LogP contribution in [0, 0.1) is 35.5 Å². The fourth-order valence-electron chi connectivity index (χ4n) is 7.33. The molecule has 19 heteroatoms. The maximum absolute atomic E-state index is 13.5. The number of pyridine rings is 1. The lowest BCUT2D eigenvalue weighted by Crippen LogP contribution is -2.57. The number of nitrogens with zero attached hydrogens (tertiary/aromatic N) is 1. The van der Waals surface area contributed by atoms with Gasteiger partial charge >= 0.3 is 11.9 Å². The molecule has 0 fully saturated rings. The molecule has 0 saturated heterocycles. The van der Waals surface area contributed by atoms with Crippen molar-refractivity contribution in [2.24, 2.45) is 35.5 Å². The molecule has 2 rings (SSSR count). The first-order valence-corrected chi connectivity index (χ1v) is 24.5. The van der Waals surface area contributed by atoms with Gasteiger partial charge in [-0.05, 0) is 79.4 Å². The summed E-state index contributed by atoms with van der Waals surface area (Å²) < 4.78 is 21.5. The number of nitrogens with one attached hydrogen (secondary N) is 6. The summed E-state index contributed by atoms with van der Waals surface area (Å²) in [4.78, 5) is 109. The minimum atomic E-state index is -0.938. The molecule has 1 aromatic carbocycles. The Kier molecular flexibility index (Phi) is 25.7. The van der Waals surface area contributed by atoms with E-state index in [0.717, 1.165) is 5.39 Å². The zero-order valence-electron chi connectivity index (χ0n) is 43.8. The van der Waals surface area contributed by atoms with Crippen molar-refractivity contribution in [1.82, 2.24) is 36.9 Å². The topological polar surface area (TPSA) is 259 Å². The zero-order valence-corrected chi connectivity index (χ0v) is 43.8. The summed E-state index contributed by atoms with van der Waals surface area (Å²) in [7, 11) is 2.49. The number of carbonyl (C=O) groups excluding carboxylic acids is 8. The first-order valence-electron chi connectivity index (χ1n) is 24.5. The molecule has 392 valence electrons. The number of rotatable bonds is 30. The highest BCUT2D eigenvalue weighted by Crippen LogP contribution is 2.23. The van der Waals surface area contributed by atoms with Gasteiger partial charge < -0.3 is 50.8 Å². The van der Waals surface area contributed by atoms with Crippen LogP contribution < -0.4 is 41.4 Å². The van der Waals surface area contributed by atoms with Gasteiger partial charge in [-0.25, -0.2) is 14.6 Å². The van der Waals surface area contributed by atoms with Crippen molar-refractivity contribution in [3.05, 3.63) is 30.3 Å². The predicted octanol–water partition coefficient (Wildman–Crippen LogP) is 4.52. The number of aromatic nitrogens is 1. The molecule has 6 atom stereocenters. The highest BCUT2D eigenvalue weighted by molar-refractivity contribution is 5.95. The number of esters is 2. The van der Waals surface area contributed by atoms with Crippen LogP contribution in [0.3, 0.4) is 0 Å². The smallest absolute Gasteiger partial charge is 0.328 e. The van der Waals surface area contributed by atoms with Crippen molar-refractivity contribution in [3.8, 4) is 11.6 Å². The van der Waals surface area contributed by atoms with E-state index in [2.05, 4.69) is 36.9 Å². The molecule has 0 radical (unpaired) electrons. The van der Waals surface area contributed by atoms with E-state index in [9.17, 15) is 38.4 Å². The molecule has 6 N–H and O–H groups in total. The van der Waals surface area contributed by atoms with Crippen LogP contribution in [-0.4, -0.2) is 116 Å². The standard InChI is InChI=1S/C51H81N7O12/c1-28(2)25-37(46(61)57-44(32(9)10)50(65)67-13)53-48(63)42(30(5)6)55-39(59)17-15-23-69-35-21-19-34-20-22-41(52-36(34)27-35)70-24-16-18-40(60)56-43(31(7)8)49(64)54-38(26-29(3)4)47(62)58-45(33(11)12)51(66)68-14/h19-22,27-33,37-38,42-45H,15-18,23-26H2,1-14H3,(H,53,63)(H,54,64)(H,55,59)(H,56,60)(H,57,61)(H,58,62)/t37-,38-,42-,43-,44-,45-/m0/s1. The molecule has 19 nitrogen and oxygen atoms in total. The largest absolute Gasteiger partial charge is 0.494 e. The Labute approximate surface area is 414 Å². The Hall–Kier alpha value is -6.01. The van der Waals surface area contributed by atoms with Gasteiger partial charge in [0.2, 0.25) is 41.3 Å². The van der Waals surface area contributed by atoms with Crippen LogP contribution in [0.15, 0.2) is 30.3 Å². The Morgan fingerprint density at radius 3 is 1.27 bits per heavy atom. The average molecular weight is 984 g/mol. The minimum absolute atomic E-state index is 0.0402. The van der Waals surface area contributed by atoms with E-state index < -0.39 is 71.8 Å². The SMILES string of the molecule is COC(=O)[C@@H](NC(=O)[C@H](CC(C)C)NC(=O)[C@@H](NC(=O)CCCOc1ccc2ccc(OCCCC(=O)N[C@H](C(=O)N[C@@H](CC(C)C)C(=O)N[C@H](C(=O)OC)C(C)C)C(C)C)nc2c1)C(C)C)C(C)C. The Morgan fingerprint density at radius 2 is 0.886 bits per heavy atom. The van der Waals surface area contributed by atoms with Crippen LogP contribution in [0.5, 0.6) is 11.6 Å². The number of fused-ring (bicyclic) bond motifs is 1. The normalized spacial score (nSPS) is 14.1. The highest BCUT2D eigenvalue weighted by atomic mass is 16.5. The summed E-state index contributed by atoms with van der Waals surface area (Å²) in [6, 6.07) is 3.48. The van der Waals surface area contributed by atoms with Crippen LogP contribution in [0.4, 0.5) is 0 Å². The lowest BCUT2D eigenvalue weighted by atomic mass is 9.98. The van der Waals surface area contributed by atoms with E-state index in [-0.39, 0.29) is 73.4 Å². The van der Waals surface area contributed by atoms with E-state index in [1.807, 2.05) is 39.8 Å². The van der Waals surface area contributed by atoms with Crippen LogP contribution in [-0.2, 0) is 47.8 Å². The van der Waals surface area contributed by atoms with E-state index in [1.165, 1.54) is 14.2 Å². The number of amides is 6. The Morgan fingerprint density at radius 1 is 0.486 bits per heavy atom. The third kappa shape index (κ3) is 20.5. The molecule has 0 aliphatic carbocycles. The maximum Gasteiger partial charge on any atom is 0.328 e. The molecule has 0 bridgehead atoms. The first-order chi connectivity index (χ1) is 32.9. The van der Waals surface area contributed by atoms with Gasteiger partial charge in [-0.2, -0.15) is 0 Å². The van der Waals surface area contributed by atoms with Gasteiger partial charge in [0, 0.05) is 30.4 Å². The lowest BCUT2D eigenvalue weighted by Gasteiger charge is -2.28. The molecule has 6 amide bonds. The molecule has 0 spiro atoms. The minimum Gasteiger partial charge on any atom is -0.494 e. The van der Waals surface area contributed by atoms with E-state index in [1.54, 1.807) is 73.6 Å². The predicted molar refractivity (Wildman–Crippen MR) is 265 cm³/mol. The second kappa shape index (κ2) is 29.9. The van der Waals surface area contributed by atoms with Crippen LogP contribution in [0.25, 0.3) is 10.9 Å². The Bertz CT molecular complexity index is 1920. The van der Waals surface area contributed by atoms with Gasteiger partial charge in [0.25, 0.3) is 0 Å². The molecular weight excluding hydrogens is 903 g/mol. The summed E-state index contributed by atoms with van der Waals surface area (Å²) in [5, 5.41) is 17.4. The van der Waals surface area contributed by atoms with Crippen LogP contribution >= 0.6 is 0 Å². The first kappa shape index (κ1) is 60.1.